The summed E-state index contributed by atoms with van der Waals surface area (Å²) in [5.74, 6) is 0.550. The highest BCUT2D eigenvalue weighted by molar-refractivity contribution is 6.62. The van der Waals surface area contributed by atoms with Crippen LogP contribution in [0.25, 0.3) is 22.0 Å². The maximum atomic E-state index is 13.7. The smallest absolute Gasteiger partial charge is 0.453 e. The number of methoxy groups -OCH3 is 1. The molecule has 2 aromatic carbocycles. The molecule has 10 nitrogen and oxygen atoms in total. The first kappa shape index (κ1) is 30.8. The molecule has 1 aromatic heterocycles. The number of imidazole rings is 1. The lowest BCUT2D eigenvalue weighted by Crippen LogP contribution is -2.51. The standard InChI is InChI=1S/C32H42BN5O5/c1-19(2)27(37-30(40)41-8)29(39)38-18-20(16-34-7)13-26(38)28-35-17-25(36-28)23-10-9-22-15-24(12-11-21(22)14-23)33-42-31(3,4)32(5,6)43-33/h9-12,14-15,17,19-20,26-27H,7,13,16,18H2,1-6,8H3,(H,35,36)(H,37,40)/t20-,26+,27+/m1/s1. The number of aromatic nitrogens is 2. The zero-order valence-electron chi connectivity index (χ0n) is 26.1. The Labute approximate surface area is 253 Å². The number of nitrogens with one attached hydrogen (secondary N) is 2. The van der Waals surface area contributed by atoms with Gasteiger partial charge in [0.15, 0.2) is 0 Å². The number of nitrogens with zero attached hydrogens (tertiary/aromatic N) is 3. The van der Waals surface area contributed by atoms with Crippen molar-refractivity contribution >= 4 is 42.1 Å². The van der Waals surface area contributed by atoms with Crippen LogP contribution in [0.4, 0.5) is 4.79 Å². The monoisotopic (exact) mass is 587 g/mol. The summed E-state index contributed by atoms with van der Waals surface area (Å²) in [6.45, 7) is 16.7. The van der Waals surface area contributed by atoms with Crippen molar-refractivity contribution in [2.75, 3.05) is 20.2 Å². The molecule has 2 aliphatic heterocycles. The van der Waals surface area contributed by atoms with Crippen molar-refractivity contribution < 1.29 is 23.6 Å². The van der Waals surface area contributed by atoms with Crippen molar-refractivity contribution in [3.05, 3.63) is 48.4 Å². The van der Waals surface area contributed by atoms with E-state index in [9.17, 15) is 9.59 Å². The van der Waals surface area contributed by atoms with Crippen LogP contribution in [0.5, 0.6) is 0 Å². The lowest BCUT2D eigenvalue weighted by molar-refractivity contribution is -0.135. The number of aromatic amines is 1. The van der Waals surface area contributed by atoms with Crippen LogP contribution in [-0.4, -0.2) is 78.1 Å². The van der Waals surface area contributed by atoms with E-state index in [1.165, 1.54) is 7.11 Å². The quantitative estimate of drug-likeness (QED) is 0.296. The Morgan fingerprint density at radius 1 is 1.16 bits per heavy atom. The van der Waals surface area contributed by atoms with Crippen LogP contribution < -0.4 is 10.8 Å². The summed E-state index contributed by atoms with van der Waals surface area (Å²) in [6, 6.07) is 11.5. The van der Waals surface area contributed by atoms with E-state index in [1.807, 2.05) is 20.0 Å². The van der Waals surface area contributed by atoms with Gasteiger partial charge < -0.3 is 34.2 Å². The second-order valence-corrected chi connectivity index (χ2v) is 13.0. The van der Waals surface area contributed by atoms with Crippen molar-refractivity contribution in [1.82, 2.24) is 20.2 Å². The Balaban J connectivity index is 1.38. The number of likely N-dealkylation sites (tertiary alicyclic amines) is 1. The Morgan fingerprint density at radius 3 is 2.49 bits per heavy atom. The molecule has 2 N–H and O–H groups in total. The van der Waals surface area contributed by atoms with E-state index in [-0.39, 0.29) is 23.8 Å². The van der Waals surface area contributed by atoms with E-state index in [2.05, 4.69) is 86.1 Å². The minimum absolute atomic E-state index is 0.126. The largest absolute Gasteiger partial charge is 0.494 e. The van der Waals surface area contributed by atoms with E-state index < -0.39 is 30.5 Å². The number of ether oxygens (including phenoxy) is 1. The van der Waals surface area contributed by atoms with Crippen LogP contribution in [0, 0.1) is 11.8 Å². The van der Waals surface area contributed by atoms with E-state index in [0.717, 1.165) is 27.5 Å². The third-order valence-corrected chi connectivity index (χ3v) is 9.06. The molecule has 0 saturated carbocycles. The molecule has 11 heteroatoms. The molecular weight excluding hydrogens is 545 g/mol. The predicted octanol–water partition coefficient (Wildman–Crippen LogP) is 4.50. The summed E-state index contributed by atoms with van der Waals surface area (Å²) in [4.78, 5) is 39.8. The maximum absolute atomic E-state index is 13.7. The first-order valence-corrected chi connectivity index (χ1v) is 14.9. The molecule has 0 bridgehead atoms. The molecule has 0 aliphatic carbocycles. The van der Waals surface area contributed by atoms with Crippen molar-refractivity contribution in [2.24, 2.45) is 16.8 Å². The first-order chi connectivity index (χ1) is 20.3. The molecule has 0 spiro atoms. The lowest BCUT2D eigenvalue weighted by Gasteiger charge is -2.32. The fraction of sp³-hybridized carbons (Fsp3) is 0.500. The van der Waals surface area contributed by atoms with Gasteiger partial charge in [-0.15, -0.1) is 0 Å². The molecule has 2 amide bonds. The first-order valence-electron chi connectivity index (χ1n) is 14.9. The number of hydrogen-bond donors (Lipinski definition) is 2. The third-order valence-electron chi connectivity index (χ3n) is 9.06. The molecule has 2 aliphatic rings. The molecule has 2 fully saturated rings. The molecule has 2 saturated heterocycles. The van der Waals surface area contributed by atoms with Crippen LogP contribution in [0.3, 0.4) is 0 Å². The van der Waals surface area contributed by atoms with Crippen molar-refractivity contribution in [2.45, 2.75) is 71.2 Å². The number of carbonyl (C=O) groups is 2. The van der Waals surface area contributed by atoms with Crippen molar-refractivity contribution in [3.8, 4) is 11.3 Å². The average molecular weight is 588 g/mol. The number of amides is 2. The maximum Gasteiger partial charge on any atom is 0.494 e. The molecule has 3 heterocycles. The van der Waals surface area contributed by atoms with Gasteiger partial charge in [-0.3, -0.25) is 4.79 Å². The minimum Gasteiger partial charge on any atom is -0.453 e. The van der Waals surface area contributed by atoms with Gasteiger partial charge in [0.25, 0.3) is 0 Å². The second-order valence-electron chi connectivity index (χ2n) is 13.0. The summed E-state index contributed by atoms with van der Waals surface area (Å²) in [7, 11) is 0.872. The van der Waals surface area contributed by atoms with Crippen LogP contribution in [0.1, 0.15) is 59.8 Å². The van der Waals surface area contributed by atoms with Crippen LogP contribution in [0.15, 0.2) is 47.6 Å². The molecule has 43 heavy (non-hydrogen) atoms. The Hall–Kier alpha value is -3.70. The lowest BCUT2D eigenvalue weighted by atomic mass is 9.78. The highest BCUT2D eigenvalue weighted by atomic mass is 16.7. The average Bonchev–Trinajstić information content (AvgIpc) is 3.66. The van der Waals surface area contributed by atoms with Gasteiger partial charge in [-0.2, -0.15) is 0 Å². The second kappa shape index (κ2) is 11.8. The summed E-state index contributed by atoms with van der Waals surface area (Å²) < 4.78 is 17.3. The highest BCUT2D eigenvalue weighted by Crippen LogP contribution is 2.38. The van der Waals surface area contributed by atoms with E-state index in [1.54, 1.807) is 4.90 Å². The van der Waals surface area contributed by atoms with Gasteiger partial charge in [-0.25, -0.2) is 9.78 Å². The van der Waals surface area contributed by atoms with Crippen molar-refractivity contribution in [1.29, 1.82) is 0 Å². The number of rotatable bonds is 8. The normalized spacial score (nSPS) is 21.8. The Morgan fingerprint density at radius 2 is 1.84 bits per heavy atom. The molecule has 0 unspecified atom stereocenters. The number of H-pyrrole nitrogens is 1. The van der Waals surface area contributed by atoms with Gasteiger partial charge in [0, 0.05) is 18.7 Å². The van der Waals surface area contributed by atoms with Crippen molar-refractivity contribution in [3.63, 3.8) is 0 Å². The summed E-state index contributed by atoms with van der Waals surface area (Å²) >= 11 is 0. The molecule has 3 atom stereocenters. The zero-order valence-corrected chi connectivity index (χ0v) is 26.1. The Kier molecular flexibility index (Phi) is 8.42. The summed E-state index contributed by atoms with van der Waals surface area (Å²) in [5, 5.41) is 4.87. The number of alkyl carbamates (subject to hydrolysis) is 1. The van der Waals surface area contributed by atoms with Gasteiger partial charge in [0.2, 0.25) is 5.91 Å². The summed E-state index contributed by atoms with van der Waals surface area (Å²) in [6.07, 6.45) is 1.87. The van der Waals surface area contributed by atoms with Crippen LogP contribution in [0.2, 0.25) is 0 Å². The summed E-state index contributed by atoms with van der Waals surface area (Å²) in [5.41, 5.74) is 2.03. The van der Waals surface area contributed by atoms with Gasteiger partial charge in [0.05, 0.1) is 36.2 Å². The molecule has 0 radical (unpaired) electrons. The van der Waals surface area contributed by atoms with Crippen LogP contribution >= 0.6 is 0 Å². The molecule has 5 rings (SSSR count). The SMILES string of the molecule is C=NC[C@H]1C[C@@H](c2ncc(-c3ccc4cc(B5OC(C)(C)C(C)(C)O5)ccc4c3)[nH]2)N(C(=O)[C@@H](NC(=O)OC)C(C)C)C1. The number of fused-ring (bicyclic) bond motifs is 1. The van der Waals surface area contributed by atoms with E-state index in [4.69, 9.17) is 19.0 Å². The topological polar surface area (TPSA) is 118 Å². The minimum atomic E-state index is -0.720. The molecule has 228 valence electrons. The van der Waals surface area contributed by atoms with E-state index in [0.29, 0.717) is 25.3 Å². The Bertz CT molecular complexity index is 1500. The van der Waals surface area contributed by atoms with Gasteiger partial charge in [-0.05, 0) is 75.0 Å². The number of carbonyl (C=O) groups excluding carboxylic acids is 2. The fourth-order valence-corrected chi connectivity index (χ4v) is 5.83. The van der Waals surface area contributed by atoms with Gasteiger partial charge in [0.1, 0.15) is 11.9 Å². The number of benzene rings is 2. The van der Waals surface area contributed by atoms with E-state index >= 15 is 0 Å². The fourth-order valence-electron chi connectivity index (χ4n) is 5.83. The third kappa shape index (κ3) is 6.06. The zero-order chi connectivity index (χ0) is 31.1. The number of aliphatic imine (C=N–C) groups is 1. The van der Waals surface area contributed by atoms with Crippen LogP contribution in [-0.2, 0) is 18.8 Å². The molecule has 3 aromatic rings. The molecular formula is C32H42BN5O5. The number of hydrogen-bond acceptors (Lipinski definition) is 7. The predicted molar refractivity (Wildman–Crippen MR) is 168 cm³/mol. The highest BCUT2D eigenvalue weighted by Gasteiger charge is 2.51. The van der Waals surface area contributed by atoms with Gasteiger partial charge >= 0.3 is 13.2 Å². The van der Waals surface area contributed by atoms with Gasteiger partial charge in [-0.1, -0.05) is 44.2 Å².